The minimum absolute atomic E-state index is 0. The van der Waals surface area contributed by atoms with E-state index < -0.39 is 0 Å². The molecular weight excluding hydrogens is 521 g/mol. The van der Waals surface area contributed by atoms with E-state index in [2.05, 4.69) is 31.7 Å². The maximum atomic E-state index is 12.4. The first kappa shape index (κ1) is 24.8. The number of rotatable bonds is 8. The van der Waals surface area contributed by atoms with E-state index in [-0.39, 0.29) is 35.7 Å². The Morgan fingerprint density at radius 2 is 2.00 bits per heavy atom. The Labute approximate surface area is 206 Å². The Kier molecular flexibility index (Phi) is 9.64. The standard InChI is InChI=1S/C22H35N7O2.HI/c1-23-21(24-11-8-15-29-22(30)28-14-6-3-10-20(28)26-29)25-17-18(19-9-7-16-31-19)27-12-4-2-5-13-27;/h7,9,16,18H,2-6,8,10-15,17H2,1H3,(H2,23,24,25);1H. The van der Waals surface area contributed by atoms with Gasteiger partial charge in [0.1, 0.15) is 11.6 Å². The number of furan rings is 1. The maximum absolute atomic E-state index is 12.4. The number of piperidine rings is 1. The van der Waals surface area contributed by atoms with Crippen LogP contribution >= 0.6 is 24.0 Å². The van der Waals surface area contributed by atoms with Crippen molar-refractivity contribution in [1.82, 2.24) is 29.9 Å². The summed E-state index contributed by atoms with van der Waals surface area (Å²) >= 11 is 0. The summed E-state index contributed by atoms with van der Waals surface area (Å²) in [5, 5.41) is 11.3. The summed E-state index contributed by atoms with van der Waals surface area (Å²) in [5.41, 5.74) is 0.0278. The number of fused-ring (bicyclic) bond motifs is 1. The quantitative estimate of drug-likeness (QED) is 0.224. The van der Waals surface area contributed by atoms with Gasteiger partial charge in [-0.1, -0.05) is 6.42 Å². The third kappa shape index (κ3) is 6.15. The van der Waals surface area contributed by atoms with Gasteiger partial charge in [0.05, 0.1) is 12.3 Å². The molecule has 10 heteroatoms. The molecule has 9 nitrogen and oxygen atoms in total. The van der Waals surface area contributed by atoms with Crippen LogP contribution in [0.4, 0.5) is 0 Å². The van der Waals surface area contributed by atoms with Gasteiger partial charge >= 0.3 is 5.69 Å². The average molecular weight is 557 g/mol. The normalized spacial score (nSPS) is 18.0. The summed E-state index contributed by atoms with van der Waals surface area (Å²) in [5.74, 6) is 2.70. The zero-order chi connectivity index (χ0) is 21.5. The summed E-state index contributed by atoms with van der Waals surface area (Å²) in [7, 11) is 1.78. The van der Waals surface area contributed by atoms with Gasteiger partial charge in [0, 0.05) is 39.6 Å². The second kappa shape index (κ2) is 12.4. The predicted molar refractivity (Wildman–Crippen MR) is 136 cm³/mol. The van der Waals surface area contributed by atoms with Crippen LogP contribution in [0.25, 0.3) is 0 Å². The predicted octanol–water partition coefficient (Wildman–Crippen LogP) is 2.37. The fourth-order valence-corrected chi connectivity index (χ4v) is 4.56. The van der Waals surface area contributed by atoms with Crippen molar-refractivity contribution >= 4 is 29.9 Å². The van der Waals surface area contributed by atoms with Crippen molar-refractivity contribution in [2.45, 2.75) is 64.1 Å². The van der Waals surface area contributed by atoms with Crippen molar-refractivity contribution in [3.63, 3.8) is 0 Å². The van der Waals surface area contributed by atoms with E-state index in [1.165, 1.54) is 19.3 Å². The highest BCUT2D eigenvalue weighted by atomic mass is 127. The minimum atomic E-state index is 0. The molecule has 32 heavy (non-hydrogen) atoms. The lowest BCUT2D eigenvalue weighted by Gasteiger charge is -2.33. The van der Waals surface area contributed by atoms with E-state index in [0.717, 1.165) is 76.0 Å². The van der Waals surface area contributed by atoms with Crippen molar-refractivity contribution in [2.75, 3.05) is 33.2 Å². The Bertz CT molecular complexity index is 900. The van der Waals surface area contributed by atoms with Crippen LogP contribution in [0.15, 0.2) is 32.6 Å². The van der Waals surface area contributed by atoms with E-state index >= 15 is 0 Å². The summed E-state index contributed by atoms with van der Waals surface area (Å²) in [6.45, 7) is 5.08. The van der Waals surface area contributed by atoms with Crippen molar-refractivity contribution in [2.24, 2.45) is 4.99 Å². The Balaban J connectivity index is 0.00000289. The van der Waals surface area contributed by atoms with Crippen LogP contribution in [0.1, 0.15) is 56.2 Å². The van der Waals surface area contributed by atoms with Crippen LogP contribution in [0, 0.1) is 0 Å². The first-order valence-electron chi connectivity index (χ1n) is 11.6. The number of likely N-dealkylation sites (tertiary alicyclic amines) is 1. The number of nitrogens with one attached hydrogen (secondary N) is 2. The number of aliphatic imine (C=N–C) groups is 1. The highest BCUT2D eigenvalue weighted by Crippen LogP contribution is 2.24. The molecule has 178 valence electrons. The molecule has 1 saturated heterocycles. The number of aryl methyl sites for hydroxylation is 2. The van der Waals surface area contributed by atoms with Crippen molar-refractivity contribution in [3.8, 4) is 0 Å². The summed E-state index contributed by atoms with van der Waals surface area (Å²) < 4.78 is 9.16. The first-order chi connectivity index (χ1) is 15.3. The van der Waals surface area contributed by atoms with Crippen LogP contribution in [-0.4, -0.2) is 58.4 Å². The Morgan fingerprint density at radius 3 is 2.72 bits per heavy atom. The molecule has 0 radical (unpaired) electrons. The molecule has 2 aliphatic heterocycles. The van der Waals surface area contributed by atoms with E-state index in [4.69, 9.17) is 4.42 Å². The SMILES string of the molecule is CN=C(NCCCn1nc2n(c1=O)CCCC2)NCC(c1ccco1)N1CCCCC1.I. The number of halogens is 1. The second-order valence-corrected chi connectivity index (χ2v) is 8.39. The Morgan fingerprint density at radius 1 is 1.19 bits per heavy atom. The van der Waals surface area contributed by atoms with Gasteiger partial charge in [0.15, 0.2) is 5.96 Å². The molecule has 2 N–H and O–H groups in total. The highest BCUT2D eigenvalue weighted by Gasteiger charge is 2.24. The fourth-order valence-electron chi connectivity index (χ4n) is 4.56. The number of hydrogen-bond donors (Lipinski definition) is 2. The molecule has 1 atom stereocenters. The average Bonchev–Trinajstić information content (AvgIpc) is 3.45. The van der Waals surface area contributed by atoms with Gasteiger partial charge in [-0.15, -0.1) is 24.0 Å². The van der Waals surface area contributed by atoms with Crippen LogP contribution in [-0.2, 0) is 19.5 Å². The lowest BCUT2D eigenvalue weighted by molar-refractivity contribution is 0.146. The minimum Gasteiger partial charge on any atom is -0.468 e. The van der Waals surface area contributed by atoms with Crippen LogP contribution in [0.2, 0.25) is 0 Å². The topological polar surface area (TPSA) is 92.6 Å². The zero-order valence-electron chi connectivity index (χ0n) is 19.0. The molecule has 2 aromatic rings. The second-order valence-electron chi connectivity index (χ2n) is 8.39. The summed E-state index contributed by atoms with van der Waals surface area (Å²) in [6.07, 6.45) is 9.43. The molecule has 0 aliphatic carbocycles. The number of hydrogen-bond acceptors (Lipinski definition) is 5. The zero-order valence-corrected chi connectivity index (χ0v) is 21.3. The Hall–Kier alpha value is -1.82. The number of aromatic nitrogens is 3. The van der Waals surface area contributed by atoms with E-state index in [0.29, 0.717) is 6.54 Å². The molecule has 1 unspecified atom stereocenters. The third-order valence-corrected chi connectivity index (χ3v) is 6.26. The smallest absolute Gasteiger partial charge is 0.345 e. The summed E-state index contributed by atoms with van der Waals surface area (Å²) in [4.78, 5) is 19.3. The highest BCUT2D eigenvalue weighted by molar-refractivity contribution is 14.0. The molecule has 0 amide bonds. The largest absolute Gasteiger partial charge is 0.468 e. The van der Waals surface area contributed by atoms with Gasteiger partial charge in [-0.2, -0.15) is 5.10 Å². The molecule has 0 saturated carbocycles. The fraction of sp³-hybridized carbons (Fsp3) is 0.682. The van der Waals surface area contributed by atoms with E-state index in [1.54, 1.807) is 18.0 Å². The first-order valence-corrected chi connectivity index (χ1v) is 11.6. The van der Waals surface area contributed by atoms with Crippen LogP contribution in [0.5, 0.6) is 0 Å². The van der Waals surface area contributed by atoms with E-state index in [1.807, 2.05) is 10.6 Å². The molecule has 0 bridgehead atoms. The van der Waals surface area contributed by atoms with Crippen LogP contribution in [0.3, 0.4) is 0 Å². The summed E-state index contributed by atoms with van der Waals surface area (Å²) in [6, 6.07) is 4.21. The molecule has 0 spiro atoms. The molecule has 2 aliphatic rings. The molecule has 4 heterocycles. The molecule has 4 rings (SSSR count). The van der Waals surface area contributed by atoms with Crippen LogP contribution < -0.4 is 16.3 Å². The van der Waals surface area contributed by atoms with Gasteiger partial charge in [-0.25, -0.2) is 9.48 Å². The van der Waals surface area contributed by atoms with Gasteiger partial charge in [-0.3, -0.25) is 14.5 Å². The van der Waals surface area contributed by atoms with Crippen molar-refractivity contribution in [3.05, 3.63) is 40.5 Å². The third-order valence-electron chi connectivity index (χ3n) is 6.26. The monoisotopic (exact) mass is 557 g/mol. The molecule has 0 aromatic carbocycles. The van der Waals surface area contributed by atoms with Crippen molar-refractivity contribution < 1.29 is 4.42 Å². The molecule has 2 aromatic heterocycles. The molecule has 1 fully saturated rings. The molecular formula is C22H36IN7O2. The lowest BCUT2D eigenvalue weighted by Crippen LogP contribution is -2.44. The maximum Gasteiger partial charge on any atom is 0.345 e. The van der Waals surface area contributed by atoms with Crippen molar-refractivity contribution in [1.29, 1.82) is 0 Å². The number of nitrogens with zero attached hydrogens (tertiary/aromatic N) is 5. The lowest BCUT2D eigenvalue weighted by atomic mass is 10.1. The van der Waals surface area contributed by atoms with Gasteiger partial charge in [0.2, 0.25) is 0 Å². The van der Waals surface area contributed by atoms with Gasteiger partial charge in [0.25, 0.3) is 0 Å². The number of guanidine groups is 1. The van der Waals surface area contributed by atoms with Gasteiger partial charge in [-0.05, 0) is 57.3 Å². The van der Waals surface area contributed by atoms with Gasteiger partial charge < -0.3 is 15.1 Å². The van der Waals surface area contributed by atoms with E-state index in [9.17, 15) is 4.79 Å².